The van der Waals surface area contributed by atoms with Gasteiger partial charge in [-0.3, -0.25) is 0 Å². The van der Waals surface area contributed by atoms with Crippen molar-refractivity contribution in [3.8, 4) is 29.1 Å². The predicted octanol–water partition coefficient (Wildman–Crippen LogP) is 2.43. The maximum Gasteiger partial charge on any atom is 0.224 e. The fourth-order valence-electron chi connectivity index (χ4n) is 2.38. The second-order valence-corrected chi connectivity index (χ2v) is 6.05. The maximum absolute atomic E-state index is 9.24. The van der Waals surface area contributed by atoms with Crippen LogP contribution in [0.4, 0.5) is 5.82 Å². The molecule has 0 aliphatic rings. The van der Waals surface area contributed by atoms with Gasteiger partial charge in [-0.25, -0.2) is 15.0 Å². The number of ether oxygens (including phenoxy) is 1. The highest BCUT2D eigenvalue weighted by Crippen LogP contribution is 2.32. The standard InChI is InChI=1S/C19H19N7O/c1-12-24-17(26(2)3)7-18(25-12)27-16-6-13(8-20)4-5-15(16)19-22-10-14(9-21)11-23-19/h4-7,10-11H,9,21H2,1-3H3. The highest BCUT2D eigenvalue weighted by Gasteiger charge is 2.14. The average molecular weight is 361 g/mol. The molecular formula is C19H19N7O. The Morgan fingerprint density at radius 3 is 2.52 bits per heavy atom. The molecule has 0 aliphatic carbocycles. The van der Waals surface area contributed by atoms with Gasteiger partial charge >= 0.3 is 0 Å². The van der Waals surface area contributed by atoms with Crippen LogP contribution in [0, 0.1) is 18.3 Å². The van der Waals surface area contributed by atoms with E-state index < -0.39 is 0 Å². The summed E-state index contributed by atoms with van der Waals surface area (Å²) in [5, 5.41) is 9.24. The first kappa shape index (κ1) is 18.2. The van der Waals surface area contributed by atoms with E-state index >= 15 is 0 Å². The van der Waals surface area contributed by atoms with E-state index in [0.717, 1.165) is 11.4 Å². The van der Waals surface area contributed by atoms with E-state index in [9.17, 15) is 5.26 Å². The average Bonchev–Trinajstić information content (AvgIpc) is 2.67. The molecule has 136 valence electrons. The topological polar surface area (TPSA) is 114 Å². The number of anilines is 1. The molecule has 0 unspecified atom stereocenters. The molecule has 3 aromatic rings. The predicted molar refractivity (Wildman–Crippen MR) is 101 cm³/mol. The number of nitrogens with zero attached hydrogens (tertiary/aromatic N) is 6. The van der Waals surface area contributed by atoms with Gasteiger partial charge in [-0.05, 0) is 25.1 Å². The Hall–Kier alpha value is -3.57. The highest BCUT2D eigenvalue weighted by atomic mass is 16.5. The van der Waals surface area contributed by atoms with Gasteiger partial charge in [0.25, 0.3) is 0 Å². The number of hydrogen-bond donors (Lipinski definition) is 1. The molecular weight excluding hydrogens is 342 g/mol. The first-order valence-corrected chi connectivity index (χ1v) is 8.26. The lowest BCUT2D eigenvalue weighted by atomic mass is 10.1. The molecule has 1 aromatic carbocycles. The molecule has 0 saturated heterocycles. The fourth-order valence-corrected chi connectivity index (χ4v) is 2.38. The molecule has 0 spiro atoms. The van der Waals surface area contributed by atoms with Crippen LogP contribution < -0.4 is 15.4 Å². The van der Waals surface area contributed by atoms with Gasteiger partial charge in [0.2, 0.25) is 5.88 Å². The Kier molecular flexibility index (Phi) is 5.24. The largest absolute Gasteiger partial charge is 0.438 e. The Morgan fingerprint density at radius 2 is 1.89 bits per heavy atom. The Labute approximate surface area is 157 Å². The molecule has 0 amide bonds. The summed E-state index contributed by atoms with van der Waals surface area (Å²) in [4.78, 5) is 19.2. The first-order valence-electron chi connectivity index (χ1n) is 8.26. The van der Waals surface area contributed by atoms with Gasteiger partial charge in [0.15, 0.2) is 5.82 Å². The van der Waals surface area contributed by atoms with Crippen molar-refractivity contribution < 1.29 is 4.74 Å². The lowest BCUT2D eigenvalue weighted by Gasteiger charge is -2.14. The van der Waals surface area contributed by atoms with Gasteiger partial charge in [-0.2, -0.15) is 10.2 Å². The normalized spacial score (nSPS) is 10.3. The molecule has 8 nitrogen and oxygen atoms in total. The number of benzene rings is 1. The summed E-state index contributed by atoms with van der Waals surface area (Å²) in [6, 6.07) is 8.93. The van der Waals surface area contributed by atoms with Crippen molar-refractivity contribution in [1.82, 2.24) is 19.9 Å². The van der Waals surface area contributed by atoms with Crippen LogP contribution >= 0.6 is 0 Å². The van der Waals surface area contributed by atoms with Crippen LogP contribution in [-0.4, -0.2) is 34.0 Å². The van der Waals surface area contributed by atoms with Crippen LogP contribution in [0.1, 0.15) is 17.0 Å². The lowest BCUT2D eigenvalue weighted by molar-refractivity contribution is 0.461. The van der Waals surface area contributed by atoms with E-state index in [1.165, 1.54) is 0 Å². The van der Waals surface area contributed by atoms with Gasteiger partial charge in [-0.1, -0.05) is 0 Å². The minimum Gasteiger partial charge on any atom is -0.438 e. The van der Waals surface area contributed by atoms with E-state index in [0.29, 0.717) is 40.9 Å². The molecule has 27 heavy (non-hydrogen) atoms. The Bertz CT molecular complexity index is 994. The smallest absolute Gasteiger partial charge is 0.224 e. The van der Waals surface area contributed by atoms with E-state index in [1.54, 1.807) is 43.6 Å². The first-order chi connectivity index (χ1) is 13.0. The quantitative estimate of drug-likeness (QED) is 0.737. The zero-order valence-corrected chi connectivity index (χ0v) is 15.3. The van der Waals surface area contributed by atoms with Crippen molar-refractivity contribution in [2.75, 3.05) is 19.0 Å². The zero-order valence-electron chi connectivity index (χ0n) is 15.3. The highest BCUT2D eigenvalue weighted by molar-refractivity contribution is 5.66. The molecule has 2 heterocycles. The summed E-state index contributed by atoms with van der Waals surface area (Å²) in [6.07, 6.45) is 3.34. The van der Waals surface area contributed by atoms with Gasteiger partial charge in [0.1, 0.15) is 17.4 Å². The summed E-state index contributed by atoms with van der Waals surface area (Å²) in [5.74, 6) is 2.60. The third kappa shape index (κ3) is 4.16. The van der Waals surface area contributed by atoms with Crippen molar-refractivity contribution in [2.24, 2.45) is 5.73 Å². The second kappa shape index (κ2) is 7.76. The lowest BCUT2D eigenvalue weighted by Crippen LogP contribution is -2.12. The SMILES string of the molecule is Cc1nc(Oc2cc(C#N)ccc2-c2ncc(CN)cn2)cc(N(C)C)n1. The Balaban J connectivity index is 2.04. The minimum absolute atomic E-state index is 0.366. The van der Waals surface area contributed by atoms with E-state index in [4.69, 9.17) is 10.5 Å². The summed E-state index contributed by atoms with van der Waals surface area (Å²) in [6.45, 7) is 2.16. The maximum atomic E-state index is 9.24. The van der Waals surface area contributed by atoms with Crippen molar-refractivity contribution in [2.45, 2.75) is 13.5 Å². The third-order valence-electron chi connectivity index (χ3n) is 3.77. The van der Waals surface area contributed by atoms with Crippen LogP contribution in [0.5, 0.6) is 11.6 Å². The van der Waals surface area contributed by atoms with E-state index in [-0.39, 0.29) is 0 Å². The molecule has 0 saturated carbocycles. The van der Waals surface area contributed by atoms with Gasteiger partial charge in [0, 0.05) is 44.7 Å². The summed E-state index contributed by atoms with van der Waals surface area (Å²) < 4.78 is 6.00. The van der Waals surface area contributed by atoms with Crippen molar-refractivity contribution in [3.05, 3.63) is 53.6 Å². The van der Waals surface area contributed by atoms with E-state index in [2.05, 4.69) is 26.0 Å². The number of hydrogen-bond acceptors (Lipinski definition) is 8. The van der Waals surface area contributed by atoms with Gasteiger partial charge < -0.3 is 15.4 Å². The molecule has 0 aliphatic heterocycles. The summed E-state index contributed by atoms with van der Waals surface area (Å²) in [5.41, 5.74) is 7.55. The molecule has 0 fully saturated rings. The van der Waals surface area contributed by atoms with Gasteiger partial charge in [-0.15, -0.1) is 0 Å². The van der Waals surface area contributed by atoms with Crippen LogP contribution in [-0.2, 0) is 6.54 Å². The molecule has 0 atom stereocenters. The van der Waals surface area contributed by atoms with E-state index in [1.807, 2.05) is 19.0 Å². The number of aromatic nitrogens is 4. The Morgan fingerprint density at radius 1 is 1.15 bits per heavy atom. The third-order valence-corrected chi connectivity index (χ3v) is 3.77. The van der Waals surface area contributed by atoms with Crippen LogP contribution in [0.2, 0.25) is 0 Å². The minimum atomic E-state index is 0.366. The number of aryl methyl sites for hydroxylation is 1. The summed E-state index contributed by atoms with van der Waals surface area (Å²) in [7, 11) is 3.78. The van der Waals surface area contributed by atoms with Crippen molar-refractivity contribution >= 4 is 5.82 Å². The molecule has 0 bridgehead atoms. The summed E-state index contributed by atoms with van der Waals surface area (Å²) >= 11 is 0. The number of nitrogens with two attached hydrogens (primary N) is 1. The number of rotatable bonds is 5. The molecule has 8 heteroatoms. The van der Waals surface area contributed by atoms with Crippen molar-refractivity contribution in [1.29, 1.82) is 5.26 Å². The number of nitriles is 1. The molecule has 0 radical (unpaired) electrons. The molecule has 2 aromatic heterocycles. The fraction of sp³-hybridized carbons (Fsp3) is 0.211. The van der Waals surface area contributed by atoms with Crippen molar-refractivity contribution in [3.63, 3.8) is 0 Å². The van der Waals surface area contributed by atoms with Crippen LogP contribution in [0.15, 0.2) is 36.7 Å². The van der Waals surface area contributed by atoms with Crippen LogP contribution in [0.25, 0.3) is 11.4 Å². The molecule has 2 N–H and O–H groups in total. The monoisotopic (exact) mass is 361 g/mol. The second-order valence-electron chi connectivity index (χ2n) is 6.05. The van der Waals surface area contributed by atoms with Gasteiger partial charge in [0.05, 0.1) is 17.2 Å². The van der Waals surface area contributed by atoms with Crippen LogP contribution in [0.3, 0.4) is 0 Å². The zero-order chi connectivity index (χ0) is 19.4. The molecule has 3 rings (SSSR count).